The number of carbonyl (C=O) groups is 1. The first-order valence-corrected chi connectivity index (χ1v) is 6.19. The number of allylic oxidation sites excluding steroid dienone is 2. The van der Waals surface area contributed by atoms with Crippen molar-refractivity contribution in [3.05, 3.63) is 12.2 Å². The van der Waals surface area contributed by atoms with E-state index in [2.05, 4.69) is 19.9 Å². The van der Waals surface area contributed by atoms with Gasteiger partial charge in [-0.25, -0.2) is 0 Å². The minimum absolute atomic E-state index is 0.177. The molecule has 2 fully saturated rings. The van der Waals surface area contributed by atoms with E-state index in [-0.39, 0.29) is 5.78 Å². The van der Waals surface area contributed by atoms with E-state index in [9.17, 15) is 4.79 Å². The van der Waals surface area contributed by atoms with Crippen LogP contribution >= 0.6 is 0 Å². The molecule has 3 atom stereocenters. The molecule has 0 aromatic rings. The SMILES string of the molecule is CC(=O)C=CC[C@@H]1[C@@H]2CC[C@@H](C2)C1(C)C. The number of ketones is 1. The lowest BCUT2D eigenvalue weighted by Crippen LogP contribution is -2.30. The maximum Gasteiger partial charge on any atom is 0.152 e. The summed E-state index contributed by atoms with van der Waals surface area (Å²) in [6.45, 7) is 6.47. The first kappa shape index (κ1) is 10.9. The highest BCUT2D eigenvalue weighted by molar-refractivity contribution is 5.87. The van der Waals surface area contributed by atoms with Crippen LogP contribution in [0.3, 0.4) is 0 Å². The summed E-state index contributed by atoms with van der Waals surface area (Å²) < 4.78 is 0. The third kappa shape index (κ3) is 1.89. The lowest BCUT2D eigenvalue weighted by atomic mass is 9.67. The summed E-state index contributed by atoms with van der Waals surface area (Å²) in [4.78, 5) is 10.9. The van der Waals surface area contributed by atoms with Gasteiger partial charge in [-0.15, -0.1) is 0 Å². The van der Waals surface area contributed by atoms with E-state index in [0.29, 0.717) is 5.41 Å². The molecule has 2 aliphatic carbocycles. The molecule has 0 heterocycles. The van der Waals surface area contributed by atoms with Crippen LogP contribution < -0.4 is 0 Å². The molecule has 0 aromatic heterocycles. The van der Waals surface area contributed by atoms with Crippen LogP contribution in [0.5, 0.6) is 0 Å². The Kier molecular flexibility index (Phi) is 2.74. The van der Waals surface area contributed by atoms with E-state index >= 15 is 0 Å². The predicted molar refractivity (Wildman–Crippen MR) is 62.5 cm³/mol. The monoisotopic (exact) mass is 206 g/mol. The standard InChI is InChI=1S/C14H22O/c1-10(15)5-4-6-13-11-7-8-12(9-11)14(13,2)3/h4-5,11-13H,6-9H2,1-3H3/t11-,12+,13-/m1/s1. The maximum atomic E-state index is 10.9. The molecule has 15 heavy (non-hydrogen) atoms. The van der Waals surface area contributed by atoms with Crippen LogP contribution in [0.2, 0.25) is 0 Å². The minimum atomic E-state index is 0.177. The zero-order valence-corrected chi connectivity index (χ0v) is 10.1. The van der Waals surface area contributed by atoms with Gasteiger partial charge in [0.25, 0.3) is 0 Å². The summed E-state index contributed by atoms with van der Waals surface area (Å²) in [6, 6.07) is 0. The second-order valence-electron chi connectivity index (χ2n) is 5.95. The van der Waals surface area contributed by atoms with Gasteiger partial charge in [0.2, 0.25) is 0 Å². The lowest BCUT2D eigenvalue weighted by Gasteiger charge is -2.37. The molecule has 0 aromatic carbocycles. The van der Waals surface area contributed by atoms with Crippen molar-refractivity contribution >= 4 is 5.78 Å². The van der Waals surface area contributed by atoms with Crippen molar-refractivity contribution in [2.24, 2.45) is 23.2 Å². The molecule has 2 rings (SSSR count). The van der Waals surface area contributed by atoms with Crippen molar-refractivity contribution in [2.75, 3.05) is 0 Å². The number of carbonyl (C=O) groups excluding carboxylic acids is 1. The van der Waals surface area contributed by atoms with Crippen molar-refractivity contribution in [3.63, 3.8) is 0 Å². The fourth-order valence-corrected chi connectivity index (χ4v) is 3.84. The predicted octanol–water partition coefficient (Wildman–Crippen LogP) is 3.59. The molecule has 2 saturated carbocycles. The molecule has 84 valence electrons. The first-order valence-electron chi connectivity index (χ1n) is 6.19. The molecule has 2 aliphatic rings. The maximum absolute atomic E-state index is 10.9. The third-order valence-electron chi connectivity index (χ3n) is 4.79. The Morgan fingerprint density at radius 1 is 1.40 bits per heavy atom. The molecule has 0 unspecified atom stereocenters. The molecular formula is C14H22O. The molecule has 0 spiro atoms. The van der Waals surface area contributed by atoms with Crippen molar-refractivity contribution in [1.29, 1.82) is 0 Å². The van der Waals surface area contributed by atoms with Gasteiger partial charge in [0.1, 0.15) is 0 Å². The van der Waals surface area contributed by atoms with Gasteiger partial charge in [-0.3, -0.25) is 4.79 Å². The van der Waals surface area contributed by atoms with E-state index in [1.165, 1.54) is 19.3 Å². The van der Waals surface area contributed by atoms with E-state index in [0.717, 1.165) is 24.2 Å². The molecular weight excluding hydrogens is 184 g/mol. The molecule has 0 radical (unpaired) electrons. The largest absolute Gasteiger partial charge is 0.295 e. The van der Waals surface area contributed by atoms with Crippen LogP contribution in [0, 0.1) is 23.2 Å². The van der Waals surface area contributed by atoms with Crippen molar-refractivity contribution < 1.29 is 4.79 Å². The Labute approximate surface area is 92.9 Å². The zero-order chi connectivity index (χ0) is 11.1. The van der Waals surface area contributed by atoms with E-state index in [1.54, 1.807) is 13.0 Å². The summed E-state index contributed by atoms with van der Waals surface area (Å²) in [7, 11) is 0. The number of hydrogen-bond donors (Lipinski definition) is 0. The van der Waals surface area contributed by atoms with Gasteiger partial charge in [0.15, 0.2) is 5.78 Å². The summed E-state index contributed by atoms with van der Waals surface area (Å²) in [5.74, 6) is 2.86. The molecule has 0 N–H and O–H groups in total. The molecule has 0 aliphatic heterocycles. The minimum Gasteiger partial charge on any atom is -0.295 e. The topological polar surface area (TPSA) is 17.1 Å². The number of rotatable bonds is 3. The third-order valence-corrected chi connectivity index (χ3v) is 4.79. The van der Waals surface area contributed by atoms with Gasteiger partial charge in [0.05, 0.1) is 0 Å². The van der Waals surface area contributed by atoms with Gasteiger partial charge in [-0.05, 0) is 61.9 Å². The first-order chi connectivity index (χ1) is 7.01. The normalized spacial score (nSPS) is 37.7. The smallest absolute Gasteiger partial charge is 0.152 e. The fraction of sp³-hybridized carbons (Fsp3) is 0.786. The van der Waals surface area contributed by atoms with Crippen molar-refractivity contribution in [2.45, 2.75) is 46.5 Å². The van der Waals surface area contributed by atoms with Gasteiger partial charge < -0.3 is 0 Å². The summed E-state index contributed by atoms with van der Waals surface area (Å²) in [5, 5.41) is 0. The van der Waals surface area contributed by atoms with Gasteiger partial charge in [-0.2, -0.15) is 0 Å². The highest BCUT2D eigenvalue weighted by Gasteiger charge is 2.51. The second kappa shape index (κ2) is 3.77. The van der Waals surface area contributed by atoms with Gasteiger partial charge in [-0.1, -0.05) is 19.9 Å². The Hall–Kier alpha value is -0.590. The Morgan fingerprint density at radius 3 is 2.67 bits per heavy atom. The molecule has 2 bridgehead atoms. The van der Waals surface area contributed by atoms with Crippen LogP contribution in [-0.4, -0.2) is 5.78 Å². The average Bonchev–Trinajstić information content (AvgIpc) is 2.66. The average molecular weight is 206 g/mol. The van der Waals surface area contributed by atoms with Crippen LogP contribution in [0.25, 0.3) is 0 Å². The number of fused-ring (bicyclic) bond motifs is 2. The Morgan fingerprint density at radius 2 is 2.13 bits per heavy atom. The van der Waals surface area contributed by atoms with Crippen molar-refractivity contribution in [3.8, 4) is 0 Å². The van der Waals surface area contributed by atoms with Gasteiger partial charge >= 0.3 is 0 Å². The van der Waals surface area contributed by atoms with E-state index in [4.69, 9.17) is 0 Å². The van der Waals surface area contributed by atoms with E-state index < -0.39 is 0 Å². The van der Waals surface area contributed by atoms with Crippen molar-refractivity contribution in [1.82, 2.24) is 0 Å². The summed E-state index contributed by atoms with van der Waals surface area (Å²) in [6.07, 6.45) is 9.23. The Balaban J connectivity index is 2.00. The zero-order valence-electron chi connectivity index (χ0n) is 10.1. The summed E-state index contributed by atoms with van der Waals surface area (Å²) >= 11 is 0. The van der Waals surface area contributed by atoms with Crippen LogP contribution in [0.1, 0.15) is 46.5 Å². The molecule has 1 nitrogen and oxygen atoms in total. The molecule has 0 saturated heterocycles. The lowest BCUT2D eigenvalue weighted by molar-refractivity contribution is -0.112. The molecule has 0 amide bonds. The second-order valence-corrected chi connectivity index (χ2v) is 5.95. The van der Waals surface area contributed by atoms with Crippen LogP contribution in [0.15, 0.2) is 12.2 Å². The van der Waals surface area contributed by atoms with Crippen LogP contribution in [0.4, 0.5) is 0 Å². The summed E-state index contributed by atoms with van der Waals surface area (Å²) in [5.41, 5.74) is 0.504. The van der Waals surface area contributed by atoms with Gasteiger partial charge in [0, 0.05) is 0 Å². The highest BCUT2D eigenvalue weighted by atomic mass is 16.1. The Bertz CT molecular complexity index is 288. The quantitative estimate of drug-likeness (QED) is 0.645. The highest BCUT2D eigenvalue weighted by Crippen LogP contribution is 2.60. The fourth-order valence-electron chi connectivity index (χ4n) is 3.84. The van der Waals surface area contributed by atoms with E-state index in [1.807, 2.05) is 0 Å². The van der Waals surface area contributed by atoms with Crippen LogP contribution in [-0.2, 0) is 4.79 Å². The molecule has 1 heteroatoms. The number of hydrogen-bond acceptors (Lipinski definition) is 1.